The third kappa shape index (κ3) is 2.67. The third-order valence-corrected chi connectivity index (χ3v) is 4.05. The van der Waals surface area contributed by atoms with E-state index < -0.39 is 0 Å². The number of tetrazole rings is 1. The van der Waals surface area contributed by atoms with Gasteiger partial charge in [-0.05, 0) is 42.3 Å². The lowest BCUT2D eigenvalue weighted by atomic mass is 9.98. The summed E-state index contributed by atoms with van der Waals surface area (Å²) in [7, 11) is 0. The van der Waals surface area contributed by atoms with Crippen LogP contribution in [0, 0.1) is 6.92 Å². The van der Waals surface area contributed by atoms with Crippen LogP contribution in [0.2, 0.25) is 0 Å². The molecule has 1 aliphatic heterocycles. The average Bonchev–Trinajstić information content (AvgIpc) is 3.25. The molecule has 1 unspecified atom stereocenters. The predicted octanol–water partition coefficient (Wildman–Crippen LogP) is 1.74. The number of hydrogen-bond donors (Lipinski definition) is 0. The van der Waals surface area contributed by atoms with E-state index in [1.165, 1.54) is 0 Å². The van der Waals surface area contributed by atoms with Gasteiger partial charge in [-0.3, -0.25) is 0 Å². The van der Waals surface area contributed by atoms with Crippen LogP contribution >= 0.6 is 0 Å². The van der Waals surface area contributed by atoms with Gasteiger partial charge in [-0.25, -0.2) is 0 Å². The predicted molar refractivity (Wildman–Crippen MR) is 82.4 cm³/mol. The molecule has 1 aliphatic rings. The topological polar surface area (TPSA) is 85.8 Å². The molecule has 0 spiro atoms. The van der Waals surface area contributed by atoms with Crippen molar-refractivity contribution in [2.24, 2.45) is 0 Å². The zero-order chi connectivity index (χ0) is 15.6. The molecule has 1 aromatic carbocycles. The average molecular weight is 311 g/mol. The van der Waals surface area contributed by atoms with E-state index in [-0.39, 0.29) is 5.92 Å². The molecule has 1 saturated heterocycles. The number of nitrogens with zero attached hydrogens (tertiary/aromatic N) is 7. The Morgan fingerprint density at radius 1 is 1.22 bits per heavy atom. The van der Waals surface area contributed by atoms with E-state index in [9.17, 15) is 0 Å². The molecule has 0 radical (unpaired) electrons. The van der Waals surface area contributed by atoms with E-state index >= 15 is 0 Å². The van der Waals surface area contributed by atoms with Crippen LogP contribution in [0.4, 0.5) is 5.95 Å². The summed E-state index contributed by atoms with van der Waals surface area (Å²) < 4.78 is 7.10. The second kappa shape index (κ2) is 5.79. The van der Waals surface area contributed by atoms with Crippen molar-refractivity contribution in [3.8, 4) is 5.69 Å². The van der Waals surface area contributed by atoms with E-state index in [0.29, 0.717) is 11.7 Å². The van der Waals surface area contributed by atoms with Crippen LogP contribution in [0.25, 0.3) is 5.69 Å². The number of aryl methyl sites for hydroxylation is 1. The first kappa shape index (κ1) is 13.9. The number of hydrogen-bond acceptors (Lipinski definition) is 7. The van der Waals surface area contributed by atoms with Crippen molar-refractivity contribution >= 4 is 5.95 Å². The quantitative estimate of drug-likeness (QED) is 0.728. The molecule has 8 heteroatoms. The Balaban J connectivity index is 1.60. The maximum Gasteiger partial charge on any atom is 0.250 e. The lowest BCUT2D eigenvalue weighted by molar-refractivity contribution is 0.330. The number of anilines is 1. The fourth-order valence-corrected chi connectivity index (χ4v) is 2.96. The SMILES string of the molecule is Cc1noc(C2CCCN(c3nnnn3-c3ccccc3)C2)n1. The fourth-order valence-electron chi connectivity index (χ4n) is 2.96. The molecule has 3 heterocycles. The van der Waals surface area contributed by atoms with Crippen LogP contribution in [0.5, 0.6) is 0 Å². The van der Waals surface area contributed by atoms with Crippen molar-refractivity contribution in [3.05, 3.63) is 42.0 Å². The first-order valence-corrected chi connectivity index (χ1v) is 7.70. The maximum absolute atomic E-state index is 5.34. The van der Waals surface area contributed by atoms with Gasteiger partial charge < -0.3 is 9.42 Å². The Morgan fingerprint density at radius 3 is 2.87 bits per heavy atom. The molecule has 118 valence electrons. The molecule has 23 heavy (non-hydrogen) atoms. The molecule has 1 atom stereocenters. The number of para-hydroxylation sites is 1. The summed E-state index contributed by atoms with van der Waals surface area (Å²) >= 11 is 0. The highest BCUT2D eigenvalue weighted by Gasteiger charge is 2.28. The van der Waals surface area contributed by atoms with Crippen molar-refractivity contribution in [2.75, 3.05) is 18.0 Å². The highest BCUT2D eigenvalue weighted by Crippen LogP contribution is 2.28. The van der Waals surface area contributed by atoms with Crippen molar-refractivity contribution < 1.29 is 4.52 Å². The standard InChI is InChI=1S/C15H17N7O/c1-11-16-14(23-18-11)12-6-5-9-21(10-12)15-17-19-20-22(15)13-7-3-2-4-8-13/h2-4,7-8,12H,5-6,9-10H2,1H3. The van der Waals surface area contributed by atoms with Crippen molar-refractivity contribution in [2.45, 2.75) is 25.7 Å². The third-order valence-electron chi connectivity index (χ3n) is 4.05. The van der Waals surface area contributed by atoms with Crippen LogP contribution in [0.15, 0.2) is 34.9 Å². The largest absolute Gasteiger partial charge is 0.339 e. The highest BCUT2D eigenvalue weighted by molar-refractivity contribution is 5.41. The summed E-state index contributed by atoms with van der Waals surface area (Å²) in [5.41, 5.74) is 0.947. The van der Waals surface area contributed by atoms with E-state index in [0.717, 1.165) is 37.6 Å². The van der Waals surface area contributed by atoms with Gasteiger partial charge in [-0.15, -0.1) is 0 Å². The minimum atomic E-state index is 0.214. The second-order valence-corrected chi connectivity index (χ2v) is 5.69. The maximum atomic E-state index is 5.34. The smallest absolute Gasteiger partial charge is 0.250 e. The van der Waals surface area contributed by atoms with Gasteiger partial charge in [-0.2, -0.15) is 9.67 Å². The minimum absolute atomic E-state index is 0.214. The van der Waals surface area contributed by atoms with Gasteiger partial charge in [0.05, 0.1) is 11.6 Å². The molecule has 0 N–H and O–H groups in total. The number of piperidine rings is 1. The van der Waals surface area contributed by atoms with Crippen LogP contribution in [0.1, 0.15) is 30.5 Å². The van der Waals surface area contributed by atoms with Gasteiger partial charge >= 0.3 is 0 Å². The summed E-state index contributed by atoms with van der Waals surface area (Å²) in [6.45, 7) is 3.52. The highest BCUT2D eigenvalue weighted by atomic mass is 16.5. The molecule has 8 nitrogen and oxygen atoms in total. The Morgan fingerprint density at radius 2 is 2.09 bits per heavy atom. The Hall–Kier alpha value is -2.77. The van der Waals surface area contributed by atoms with E-state index in [2.05, 4.69) is 30.6 Å². The van der Waals surface area contributed by atoms with Crippen molar-refractivity contribution in [3.63, 3.8) is 0 Å². The number of aromatic nitrogens is 6. The molecule has 1 fully saturated rings. The summed E-state index contributed by atoms with van der Waals surface area (Å²) in [4.78, 5) is 6.55. The van der Waals surface area contributed by atoms with Crippen LogP contribution in [-0.2, 0) is 0 Å². The Bertz CT molecular complexity index is 782. The molecule has 3 aromatic rings. The van der Waals surface area contributed by atoms with Gasteiger partial charge in [-0.1, -0.05) is 28.5 Å². The van der Waals surface area contributed by atoms with Crippen molar-refractivity contribution in [1.29, 1.82) is 0 Å². The first-order valence-electron chi connectivity index (χ1n) is 7.70. The molecule has 2 aromatic heterocycles. The molecule has 0 aliphatic carbocycles. The van der Waals surface area contributed by atoms with Crippen molar-refractivity contribution in [1.82, 2.24) is 30.3 Å². The molecule has 0 saturated carbocycles. The Labute approximate surface area is 133 Å². The summed E-state index contributed by atoms with van der Waals surface area (Å²) in [5, 5.41) is 16.1. The lowest BCUT2D eigenvalue weighted by Gasteiger charge is -2.31. The number of rotatable bonds is 3. The Kier molecular flexibility index (Phi) is 3.49. The molecule has 0 amide bonds. The van der Waals surface area contributed by atoms with E-state index in [1.54, 1.807) is 4.68 Å². The normalized spacial score (nSPS) is 18.3. The van der Waals surface area contributed by atoms with Gasteiger partial charge in [0.25, 0.3) is 0 Å². The van der Waals surface area contributed by atoms with Crippen LogP contribution in [-0.4, -0.2) is 43.4 Å². The molecular formula is C15H17N7O. The molecule has 4 rings (SSSR count). The zero-order valence-electron chi connectivity index (χ0n) is 12.8. The number of benzene rings is 1. The minimum Gasteiger partial charge on any atom is -0.339 e. The molecular weight excluding hydrogens is 294 g/mol. The monoisotopic (exact) mass is 311 g/mol. The van der Waals surface area contributed by atoms with Gasteiger partial charge in [0.15, 0.2) is 5.82 Å². The molecule has 0 bridgehead atoms. The van der Waals surface area contributed by atoms with Crippen LogP contribution < -0.4 is 4.90 Å². The summed E-state index contributed by atoms with van der Waals surface area (Å²) in [6, 6.07) is 9.90. The van der Waals surface area contributed by atoms with Crippen LogP contribution in [0.3, 0.4) is 0 Å². The summed E-state index contributed by atoms with van der Waals surface area (Å²) in [6.07, 6.45) is 2.07. The lowest BCUT2D eigenvalue weighted by Crippen LogP contribution is -2.36. The van der Waals surface area contributed by atoms with Gasteiger partial charge in [0.2, 0.25) is 11.8 Å². The second-order valence-electron chi connectivity index (χ2n) is 5.69. The van der Waals surface area contributed by atoms with E-state index in [1.807, 2.05) is 37.3 Å². The fraction of sp³-hybridized carbons (Fsp3) is 0.400. The van der Waals surface area contributed by atoms with Gasteiger partial charge in [0.1, 0.15) is 0 Å². The van der Waals surface area contributed by atoms with E-state index in [4.69, 9.17) is 4.52 Å². The zero-order valence-corrected chi connectivity index (χ0v) is 12.8. The first-order chi connectivity index (χ1) is 11.3. The summed E-state index contributed by atoms with van der Waals surface area (Å²) in [5.74, 6) is 2.33. The van der Waals surface area contributed by atoms with Gasteiger partial charge in [0, 0.05) is 13.1 Å².